The van der Waals surface area contributed by atoms with Crippen molar-refractivity contribution in [3.63, 3.8) is 0 Å². The molecule has 0 bridgehead atoms. The molecule has 3 saturated heterocycles. The number of benzene rings is 3. The number of aromatic hydroxyl groups is 1. The third-order valence-corrected chi connectivity index (χ3v) is 12.3. The van der Waals surface area contributed by atoms with Gasteiger partial charge in [-0.2, -0.15) is 11.8 Å². The summed E-state index contributed by atoms with van der Waals surface area (Å²) in [6, 6.07) is 19.1. The molecule has 0 saturated carbocycles. The fourth-order valence-electron chi connectivity index (χ4n) is 7.31. The van der Waals surface area contributed by atoms with Gasteiger partial charge in [-0.3, -0.25) is 24.0 Å². The number of rotatable bonds is 21. The van der Waals surface area contributed by atoms with Crippen molar-refractivity contribution in [2.75, 3.05) is 37.2 Å². The molecule has 3 unspecified atom stereocenters. The molecule has 0 aliphatic carbocycles. The summed E-state index contributed by atoms with van der Waals surface area (Å²) in [5.74, 6) is -3.97. The van der Waals surface area contributed by atoms with Gasteiger partial charge < -0.3 is 67.1 Å². The van der Waals surface area contributed by atoms with E-state index in [1.807, 2.05) is 0 Å². The number of aliphatic hydroxyl groups excluding tert-OH is 2. The number of phenols is 1. The number of urea groups is 1. The van der Waals surface area contributed by atoms with Gasteiger partial charge in [0.25, 0.3) is 0 Å². The van der Waals surface area contributed by atoms with Crippen LogP contribution in [-0.2, 0) is 33.4 Å². The van der Waals surface area contributed by atoms with Gasteiger partial charge >= 0.3 is 12.0 Å². The number of hydrogen-bond donors (Lipinski definition) is 11. The molecule has 3 heterocycles. The number of unbranched alkanes of at least 4 members (excludes halogenated alkanes) is 1. The Hall–Kier alpha value is -6.68. The molecule has 11 N–H and O–H groups in total. The molecule has 3 aromatic rings. The number of anilines is 1. The molecular weight excluding hydrogens is 867 g/mol. The summed E-state index contributed by atoms with van der Waals surface area (Å²) >= 11 is 1.79. The molecule has 0 spiro atoms. The van der Waals surface area contributed by atoms with Gasteiger partial charge in [-0.05, 0) is 60.9 Å². The SMILES string of the molecule is O=C(CCCCC1SCC2NC(=O)NC21)NCC(=O)NCC(=O)NCC(=O)NC[C@H]1O[C@@H](O/C(=C/c2ccc(O)cc2)C(=O)O)[C@H](Nc2ccc(C(=O)c3ccccc3)cc2)[C@@H](O)[C@H]1O. The third-order valence-electron chi connectivity index (χ3n) is 10.8. The lowest BCUT2D eigenvalue weighted by Crippen LogP contribution is -2.63. The molecule has 8 atom stereocenters. The minimum atomic E-state index is -1.68. The normalized spacial score (nSPS) is 23.5. The maximum Gasteiger partial charge on any atom is 0.371 e. The molecule has 3 fully saturated rings. The average Bonchev–Trinajstić information content (AvgIpc) is 3.86. The standard InChI is InChI=1S/C44H51N7O13S/c52-28-16-10-24(11-17-28)18-30(42(60)61)63-43-38(49-27-14-12-26(13-15-27)39(57)25-6-2-1-3-7-25)41(59)40(58)31(64-43)19-45-34(54)21-47-36(56)22-48-35(55)20-46-33(53)9-5-4-8-32-37-29(23-65-32)50-44(62)51-37/h1-3,6-7,10-18,29,31-32,37-38,40-41,43,49,52,58-59H,4-5,8-9,19-23H2,(H,45,54)(H,46,53)(H,47,56)(H,48,55)(H,60,61)(H2,50,51,62)/b30-18+/t29?,31-,32?,37?,38-,40+,41-,43-/m1/s1. The van der Waals surface area contributed by atoms with Crippen LogP contribution in [0.4, 0.5) is 10.5 Å². The van der Waals surface area contributed by atoms with Crippen molar-refractivity contribution in [1.82, 2.24) is 31.9 Å². The van der Waals surface area contributed by atoms with Crippen LogP contribution in [0.15, 0.2) is 84.6 Å². The zero-order valence-electron chi connectivity index (χ0n) is 34.9. The van der Waals surface area contributed by atoms with Crippen LogP contribution in [0.5, 0.6) is 5.75 Å². The maximum atomic E-state index is 12.9. The number of ketones is 1. The van der Waals surface area contributed by atoms with Crippen LogP contribution in [0.3, 0.4) is 0 Å². The van der Waals surface area contributed by atoms with Crippen molar-refractivity contribution in [1.29, 1.82) is 0 Å². The zero-order chi connectivity index (χ0) is 46.5. The highest BCUT2D eigenvalue weighted by atomic mass is 32.2. The van der Waals surface area contributed by atoms with E-state index in [1.165, 1.54) is 24.3 Å². The number of fused-ring (bicyclic) bond motifs is 1. The minimum absolute atomic E-state index is 0.0569. The summed E-state index contributed by atoms with van der Waals surface area (Å²) in [4.78, 5) is 86.5. The second-order valence-electron chi connectivity index (χ2n) is 15.5. The second kappa shape index (κ2) is 22.8. The van der Waals surface area contributed by atoms with Crippen LogP contribution in [0, 0.1) is 0 Å². The van der Waals surface area contributed by atoms with Gasteiger partial charge in [0.15, 0.2) is 5.78 Å². The summed E-state index contributed by atoms with van der Waals surface area (Å²) in [6.45, 7) is -1.82. The van der Waals surface area contributed by atoms with E-state index >= 15 is 0 Å². The molecule has 3 aliphatic heterocycles. The van der Waals surface area contributed by atoms with Crippen molar-refractivity contribution in [3.05, 3.63) is 101 Å². The number of ether oxygens (including phenoxy) is 2. The van der Waals surface area contributed by atoms with E-state index in [0.29, 0.717) is 28.8 Å². The van der Waals surface area contributed by atoms with Gasteiger partial charge in [-0.1, -0.05) is 48.9 Å². The molecule has 6 amide bonds. The van der Waals surface area contributed by atoms with Gasteiger partial charge in [0.05, 0.1) is 31.7 Å². The van der Waals surface area contributed by atoms with Crippen molar-refractivity contribution in [3.8, 4) is 5.75 Å². The lowest BCUT2D eigenvalue weighted by molar-refractivity contribution is -0.243. The van der Waals surface area contributed by atoms with Crippen LogP contribution in [-0.4, -0.2) is 142 Å². The zero-order valence-corrected chi connectivity index (χ0v) is 35.8. The first-order valence-electron chi connectivity index (χ1n) is 20.9. The number of aliphatic carboxylic acids is 1. The van der Waals surface area contributed by atoms with E-state index in [2.05, 4.69) is 37.2 Å². The summed E-state index contributed by atoms with van der Waals surface area (Å²) < 4.78 is 11.8. The number of carboxylic acid groups (broad SMARTS) is 1. The number of nitrogens with one attached hydrogen (secondary N) is 7. The number of amides is 6. The van der Waals surface area contributed by atoms with Crippen LogP contribution < -0.4 is 37.2 Å². The molecule has 0 aromatic heterocycles. The van der Waals surface area contributed by atoms with Gasteiger partial charge in [-0.25, -0.2) is 9.59 Å². The number of aliphatic hydroxyl groups is 2. The number of carbonyl (C=O) groups excluding carboxylic acids is 6. The number of carboxylic acids is 1. The Bertz CT molecular complexity index is 2210. The molecule has 346 valence electrons. The number of thioether (sulfide) groups is 1. The highest BCUT2D eigenvalue weighted by Crippen LogP contribution is 2.33. The summed E-state index contributed by atoms with van der Waals surface area (Å²) in [5, 5.41) is 61.0. The molecule has 0 radical (unpaired) electrons. The number of phenolic OH excluding ortho intramolecular Hbond substituents is 1. The van der Waals surface area contributed by atoms with Crippen LogP contribution in [0.2, 0.25) is 0 Å². The van der Waals surface area contributed by atoms with E-state index in [1.54, 1.807) is 66.4 Å². The Morgan fingerprint density at radius 2 is 1.40 bits per heavy atom. The summed E-state index contributed by atoms with van der Waals surface area (Å²) in [5.41, 5.74) is 1.54. The molecule has 21 heteroatoms. The number of hydrogen-bond acceptors (Lipinski definition) is 14. The van der Waals surface area contributed by atoms with Gasteiger partial charge in [0.2, 0.25) is 35.7 Å². The quantitative estimate of drug-likeness (QED) is 0.0224. The Morgan fingerprint density at radius 3 is 2.06 bits per heavy atom. The lowest BCUT2D eigenvalue weighted by Gasteiger charge is -2.43. The number of carbonyl (C=O) groups is 7. The topological polar surface area (TPSA) is 303 Å². The van der Waals surface area contributed by atoms with Gasteiger partial charge in [0.1, 0.15) is 30.1 Å². The fourth-order valence-corrected chi connectivity index (χ4v) is 8.86. The summed E-state index contributed by atoms with van der Waals surface area (Å²) in [6.07, 6.45) is -2.70. The third kappa shape index (κ3) is 13.7. The predicted molar refractivity (Wildman–Crippen MR) is 235 cm³/mol. The molecule has 3 aliphatic rings. The minimum Gasteiger partial charge on any atom is -0.508 e. The van der Waals surface area contributed by atoms with E-state index in [-0.39, 0.29) is 53.8 Å². The van der Waals surface area contributed by atoms with Crippen molar-refractivity contribution < 1.29 is 63.5 Å². The van der Waals surface area contributed by atoms with Crippen molar-refractivity contribution in [2.24, 2.45) is 0 Å². The first-order chi connectivity index (χ1) is 31.2. The van der Waals surface area contributed by atoms with Crippen LogP contribution in [0.1, 0.15) is 47.2 Å². The Labute approximate surface area is 377 Å². The molecule has 20 nitrogen and oxygen atoms in total. The highest BCUT2D eigenvalue weighted by Gasteiger charge is 2.47. The first kappa shape index (κ1) is 47.8. The molecule has 6 rings (SSSR count). The first-order valence-corrected chi connectivity index (χ1v) is 21.9. The summed E-state index contributed by atoms with van der Waals surface area (Å²) in [7, 11) is 0. The smallest absolute Gasteiger partial charge is 0.371 e. The second-order valence-corrected chi connectivity index (χ2v) is 16.8. The van der Waals surface area contributed by atoms with Crippen LogP contribution >= 0.6 is 11.8 Å². The predicted octanol–water partition coefficient (Wildman–Crippen LogP) is 0.183. The average molecular weight is 918 g/mol. The van der Waals surface area contributed by atoms with E-state index in [4.69, 9.17) is 9.47 Å². The van der Waals surface area contributed by atoms with E-state index in [0.717, 1.165) is 24.7 Å². The van der Waals surface area contributed by atoms with Gasteiger partial charge in [0, 0.05) is 40.8 Å². The van der Waals surface area contributed by atoms with Crippen molar-refractivity contribution in [2.45, 2.75) is 73.7 Å². The van der Waals surface area contributed by atoms with Crippen LogP contribution in [0.25, 0.3) is 6.08 Å². The molecule has 3 aromatic carbocycles. The monoisotopic (exact) mass is 917 g/mol. The molecule has 65 heavy (non-hydrogen) atoms. The lowest BCUT2D eigenvalue weighted by atomic mass is 9.96. The Balaban J connectivity index is 0.960. The largest absolute Gasteiger partial charge is 0.508 e. The Kier molecular flexibility index (Phi) is 16.8. The highest BCUT2D eigenvalue weighted by molar-refractivity contribution is 8.00. The van der Waals surface area contributed by atoms with E-state index < -0.39 is 79.7 Å². The fraction of sp³-hybridized carbons (Fsp3) is 0.386. The maximum absolute atomic E-state index is 12.9. The van der Waals surface area contributed by atoms with E-state index in [9.17, 15) is 54.0 Å². The Morgan fingerprint density at radius 1 is 0.769 bits per heavy atom. The molecular formula is C44H51N7O13S. The van der Waals surface area contributed by atoms with Crippen molar-refractivity contribution >= 4 is 64.9 Å². The van der Waals surface area contributed by atoms with Gasteiger partial charge in [-0.15, -0.1) is 0 Å².